The second kappa shape index (κ2) is 9.13. The molecular formula is C30H28N3OP. The molecule has 5 rings (SSSR count). The van der Waals surface area contributed by atoms with Crippen LogP contribution in [0.3, 0.4) is 0 Å². The highest BCUT2D eigenvalue weighted by Gasteiger charge is 2.32. The van der Waals surface area contributed by atoms with E-state index in [0.717, 1.165) is 33.4 Å². The molecule has 4 aromatic carbocycles. The maximum atomic E-state index is 12.5. The standard InChI is InChI=1S/C30H28N3OP/c1-30(26-12-8-5-9-13-26)32-28(24-16-14-23(15-17-24)22-10-6-4-7-11-22)31-29(33-30)25-18-20-27(21-19-25)35(2,3)34/h4-21H,1-3H3,(H,31,32,33). The Morgan fingerprint density at radius 2 is 1.17 bits per heavy atom. The lowest BCUT2D eigenvalue weighted by atomic mass is 9.99. The molecule has 0 spiro atoms. The van der Waals surface area contributed by atoms with Gasteiger partial charge in [-0.25, -0.2) is 9.98 Å². The van der Waals surface area contributed by atoms with Crippen molar-refractivity contribution in [3.05, 3.63) is 126 Å². The molecule has 0 amide bonds. The van der Waals surface area contributed by atoms with E-state index in [0.29, 0.717) is 5.84 Å². The first-order valence-electron chi connectivity index (χ1n) is 11.7. The molecule has 0 fully saturated rings. The van der Waals surface area contributed by atoms with Crippen LogP contribution in [0.5, 0.6) is 0 Å². The van der Waals surface area contributed by atoms with E-state index in [1.54, 1.807) is 13.3 Å². The first-order chi connectivity index (χ1) is 16.8. The molecule has 0 aromatic heterocycles. The number of hydrogen-bond acceptors (Lipinski definition) is 4. The molecule has 0 bridgehead atoms. The summed E-state index contributed by atoms with van der Waals surface area (Å²) in [6.45, 7) is 5.64. The predicted molar refractivity (Wildman–Crippen MR) is 147 cm³/mol. The molecule has 1 unspecified atom stereocenters. The third kappa shape index (κ3) is 4.89. The average Bonchev–Trinajstić information content (AvgIpc) is 2.89. The molecule has 0 saturated heterocycles. The maximum Gasteiger partial charge on any atom is 0.159 e. The van der Waals surface area contributed by atoms with Crippen LogP contribution in [0.15, 0.2) is 119 Å². The molecule has 1 aliphatic heterocycles. The van der Waals surface area contributed by atoms with Gasteiger partial charge in [0.05, 0.1) is 0 Å². The van der Waals surface area contributed by atoms with Crippen molar-refractivity contribution < 1.29 is 4.57 Å². The molecule has 1 aliphatic rings. The van der Waals surface area contributed by atoms with Gasteiger partial charge in [0.25, 0.3) is 0 Å². The molecule has 1 heterocycles. The lowest BCUT2D eigenvalue weighted by molar-refractivity contribution is 0.455. The van der Waals surface area contributed by atoms with Gasteiger partial charge in [-0.1, -0.05) is 109 Å². The maximum absolute atomic E-state index is 12.5. The van der Waals surface area contributed by atoms with E-state index >= 15 is 0 Å². The van der Waals surface area contributed by atoms with Crippen LogP contribution in [-0.4, -0.2) is 25.0 Å². The molecular weight excluding hydrogens is 449 g/mol. The van der Waals surface area contributed by atoms with Crippen LogP contribution in [0.1, 0.15) is 23.6 Å². The van der Waals surface area contributed by atoms with Gasteiger partial charge in [-0.2, -0.15) is 0 Å². The average molecular weight is 478 g/mol. The normalized spacial score (nSPS) is 17.8. The van der Waals surface area contributed by atoms with Gasteiger partial charge < -0.3 is 9.88 Å². The van der Waals surface area contributed by atoms with Crippen LogP contribution in [0, 0.1) is 0 Å². The first-order valence-corrected chi connectivity index (χ1v) is 14.3. The molecule has 1 N–H and O–H groups in total. The summed E-state index contributed by atoms with van der Waals surface area (Å²) in [4.78, 5) is 9.99. The number of aliphatic imine (C=N–C) groups is 2. The minimum absolute atomic E-state index is 0.672. The Labute approximate surface area is 206 Å². The Bertz CT molecular complexity index is 1440. The van der Waals surface area contributed by atoms with E-state index < -0.39 is 12.8 Å². The fraction of sp³-hybridized carbons (Fsp3) is 0.133. The summed E-state index contributed by atoms with van der Waals surface area (Å²) in [7, 11) is -2.33. The van der Waals surface area contributed by atoms with Crippen LogP contribution in [-0.2, 0) is 10.2 Å². The number of nitrogens with one attached hydrogen (secondary N) is 1. The molecule has 35 heavy (non-hydrogen) atoms. The summed E-state index contributed by atoms with van der Waals surface area (Å²) in [5.74, 6) is 1.41. The Morgan fingerprint density at radius 3 is 1.77 bits per heavy atom. The Balaban J connectivity index is 1.57. The monoisotopic (exact) mass is 477 g/mol. The minimum Gasteiger partial charge on any atom is -0.342 e. The van der Waals surface area contributed by atoms with Gasteiger partial charge in [-0.3, -0.25) is 0 Å². The van der Waals surface area contributed by atoms with Crippen LogP contribution >= 0.6 is 7.14 Å². The van der Waals surface area contributed by atoms with Crippen molar-refractivity contribution in [2.24, 2.45) is 9.98 Å². The van der Waals surface area contributed by atoms with Crippen molar-refractivity contribution >= 4 is 24.1 Å². The quantitative estimate of drug-likeness (QED) is 0.345. The molecule has 0 aliphatic carbocycles. The summed E-state index contributed by atoms with van der Waals surface area (Å²) in [6.07, 6.45) is 0. The van der Waals surface area contributed by atoms with Crippen LogP contribution in [0.4, 0.5) is 0 Å². The topological polar surface area (TPSA) is 53.8 Å². The molecule has 0 saturated carbocycles. The zero-order chi connectivity index (χ0) is 24.5. The molecule has 1 atom stereocenters. The smallest absolute Gasteiger partial charge is 0.159 e. The second-order valence-electron chi connectivity index (χ2n) is 9.30. The number of hydrogen-bond donors (Lipinski definition) is 1. The summed E-state index contributed by atoms with van der Waals surface area (Å²) in [6, 6.07) is 36.7. The van der Waals surface area contributed by atoms with Crippen molar-refractivity contribution in [2.45, 2.75) is 12.6 Å². The number of nitrogens with zero attached hydrogens (tertiary/aromatic N) is 2. The van der Waals surface area contributed by atoms with Crippen molar-refractivity contribution in [3.63, 3.8) is 0 Å². The van der Waals surface area contributed by atoms with Crippen molar-refractivity contribution in [3.8, 4) is 11.1 Å². The Hall–Kier alpha value is -3.75. The van der Waals surface area contributed by atoms with E-state index in [1.807, 2.05) is 60.7 Å². The van der Waals surface area contributed by atoms with Gasteiger partial charge in [-0.05, 0) is 36.9 Å². The van der Waals surface area contributed by atoms with E-state index in [4.69, 9.17) is 9.98 Å². The summed E-state index contributed by atoms with van der Waals surface area (Å²) >= 11 is 0. The highest BCUT2D eigenvalue weighted by molar-refractivity contribution is 7.70. The van der Waals surface area contributed by atoms with Gasteiger partial charge >= 0.3 is 0 Å². The highest BCUT2D eigenvalue weighted by atomic mass is 31.2. The van der Waals surface area contributed by atoms with Gasteiger partial charge in [0.1, 0.15) is 13.0 Å². The third-order valence-corrected chi connectivity index (χ3v) is 7.80. The Kier molecular flexibility index (Phi) is 6.00. The number of rotatable bonds is 5. The van der Waals surface area contributed by atoms with E-state index in [-0.39, 0.29) is 0 Å². The predicted octanol–water partition coefficient (Wildman–Crippen LogP) is 6.27. The van der Waals surface area contributed by atoms with Gasteiger partial charge in [0, 0.05) is 16.4 Å². The lowest BCUT2D eigenvalue weighted by Gasteiger charge is -2.33. The zero-order valence-corrected chi connectivity index (χ0v) is 21.0. The fourth-order valence-corrected chi connectivity index (χ4v) is 5.08. The lowest BCUT2D eigenvalue weighted by Crippen LogP contribution is -2.46. The Morgan fingerprint density at radius 1 is 0.657 bits per heavy atom. The zero-order valence-electron chi connectivity index (χ0n) is 20.1. The third-order valence-electron chi connectivity index (χ3n) is 6.26. The van der Waals surface area contributed by atoms with Crippen LogP contribution in [0.25, 0.3) is 11.1 Å². The molecule has 174 valence electrons. The molecule has 0 radical (unpaired) electrons. The first kappa shape index (κ1) is 23.0. The van der Waals surface area contributed by atoms with Crippen molar-refractivity contribution in [1.82, 2.24) is 5.32 Å². The van der Waals surface area contributed by atoms with E-state index in [9.17, 15) is 4.57 Å². The molecule has 4 aromatic rings. The summed E-state index contributed by atoms with van der Waals surface area (Å²) < 4.78 is 12.5. The van der Waals surface area contributed by atoms with Gasteiger partial charge in [0.2, 0.25) is 0 Å². The second-order valence-corrected chi connectivity index (χ2v) is 12.5. The molecule has 4 nitrogen and oxygen atoms in total. The van der Waals surface area contributed by atoms with Crippen LogP contribution in [0.2, 0.25) is 0 Å². The van der Waals surface area contributed by atoms with E-state index in [1.165, 1.54) is 5.56 Å². The minimum atomic E-state index is -2.33. The van der Waals surface area contributed by atoms with Crippen molar-refractivity contribution in [1.29, 1.82) is 0 Å². The number of benzene rings is 4. The van der Waals surface area contributed by atoms with Gasteiger partial charge in [-0.15, -0.1) is 0 Å². The van der Waals surface area contributed by atoms with Gasteiger partial charge in [0.15, 0.2) is 11.5 Å². The summed E-state index contributed by atoms with van der Waals surface area (Å²) in [5, 5.41) is 4.41. The largest absolute Gasteiger partial charge is 0.342 e. The van der Waals surface area contributed by atoms with E-state index in [2.05, 4.69) is 60.8 Å². The summed E-state index contributed by atoms with van der Waals surface area (Å²) in [5.41, 5.74) is 4.57. The van der Waals surface area contributed by atoms with Crippen molar-refractivity contribution in [2.75, 3.05) is 13.3 Å². The van der Waals surface area contributed by atoms with Crippen LogP contribution < -0.4 is 10.6 Å². The highest BCUT2D eigenvalue weighted by Crippen LogP contribution is 2.34. The molecule has 5 heteroatoms. The SMILES string of the molecule is CC1(c2ccccc2)N=C(c2ccc(-c3ccccc3)cc2)N=C(c2ccc(P(C)(C)=O)cc2)N1. The fourth-order valence-electron chi connectivity index (χ4n) is 4.22. The number of amidine groups is 2.